The van der Waals surface area contributed by atoms with Crippen molar-refractivity contribution in [2.45, 2.75) is 87.1 Å². The van der Waals surface area contributed by atoms with E-state index >= 15 is 0 Å². The van der Waals surface area contributed by atoms with Gasteiger partial charge in [0.05, 0.1) is 23.6 Å². The molecular weight excluding hydrogens is 648 g/mol. The summed E-state index contributed by atoms with van der Waals surface area (Å²) in [6.07, 6.45) is 10.9. The van der Waals surface area contributed by atoms with Crippen LogP contribution in [-0.2, 0) is 24.4 Å². The quantitative estimate of drug-likeness (QED) is 0.286. The third-order valence-corrected chi connectivity index (χ3v) is 11.9. The molecule has 4 aliphatic rings. The third kappa shape index (κ3) is 6.06. The van der Waals surface area contributed by atoms with E-state index in [1.165, 1.54) is 0 Å². The van der Waals surface area contributed by atoms with Gasteiger partial charge in [-0.15, -0.1) is 0 Å². The molecule has 0 unspecified atom stereocenters. The number of furan rings is 1. The van der Waals surface area contributed by atoms with Gasteiger partial charge in [-0.25, -0.2) is 13.4 Å². The molecule has 2 N–H and O–H groups in total. The van der Waals surface area contributed by atoms with Gasteiger partial charge in [0.1, 0.15) is 23.4 Å². The summed E-state index contributed by atoms with van der Waals surface area (Å²) in [6.45, 7) is 0.149. The normalized spacial score (nSPS) is 26.4. The van der Waals surface area contributed by atoms with E-state index < -0.39 is 44.8 Å². The fourth-order valence-electron chi connectivity index (χ4n) is 7.08. The first-order valence-electron chi connectivity index (χ1n) is 17.1. The predicted molar refractivity (Wildman–Crippen MR) is 179 cm³/mol. The van der Waals surface area contributed by atoms with Gasteiger partial charge in [0.2, 0.25) is 27.7 Å². The highest BCUT2D eigenvalue weighted by atomic mass is 32.2. The first-order chi connectivity index (χ1) is 23.7. The summed E-state index contributed by atoms with van der Waals surface area (Å²) in [5, 5.41) is 7.89. The maximum atomic E-state index is 14.1. The molecule has 49 heavy (non-hydrogen) atoms. The zero-order valence-corrected chi connectivity index (χ0v) is 27.7. The van der Waals surface area contributed by atoms with Crippen LogP contribution in [0.25, 0.3) is 28.0 Å². The molecule has 4 aromatic rings. The number of nitrogens with one attached hydrogen (secondary N) is 2. The molecule has 5 heterocycles. The predicted octanol–water partition coefficient (Wildman–Crippen LogP) is 3.88. The van der Waals surface area contributed by atoms with Crippen molar-refractivity contribution < 1.29 is 32.0 Å². The summed E-state index contributed by atoms with van der Waals surface area (Å²) in [4.78, 5) is 47.7. The minimum atomic E-state index is -3.83. The fourth-order valence-corrected chi connectivity index (χ4v) is 8.44. The topological polar surface area (TPSA) is 165 Å². The van der Waals surface area contributed by atoms with Crippen LogP contribution >= 0.6 is 0 Å². The zero-order valence-electron chi connectivity index (χ0n) is 26.9. The van der Waals surface area contributed by atoms with Gasteiger partial charge in [-0.1, -0.05) is 37.1 Å². The Kier molecular flexibility index (Phi) is 7.92. The van der Waals surface area contributed by atoms with Gasteiger partial charge in [0.25, 0.3) is 5.91 Å². The number of carbonyl (C=O) groups excluding carboxylic acids is 3. The maximum absolute atomic E-state index is 14.1. The summed E-state index contributed by atoms with van der Waals surface area (Å²) in [5.41, 5.74) is 0.434. The van der Waals surface area contributed by atoms with Gasteiger partial charge in [0.15, 0.2) is 11.4 Å². The smallest absolute Gasteiger partial charge is 0.259 e. The number of ether oxygens (including phenoxy) is 1. The molecule has 4 atom stereocenters. The molecular formula is C35H38N6O7S. The van der Waals surface area contributed by atoms with Crippen molar-refractivity contribution >= 4 is 44.3 Å². The van der Waals surface area contributed by atoms with Crippen molar-refractivity contribution in [2.75, 3.05) is 6.54 Å². The number of aromatic nitrogens is 3. The molecule has 2 saturated carbocycles. The van der Waals surface area contributed by atoms with Crippen molar-refractivity contribution in [1.29, 1.82) is 0 Å². The number of hydrogen-bond donors (Lipinski definition) is 2. The lowest BCUT2D eigenvalue weighted by Gasteiger charge is -2.26. The molecule has 2 aliphatic carbocycles. The van der Waals surface area contributed by atoms with E-state index in [4.69, 9.17) is 19.2 Å². The number of carbonyl (C=O) groups is 3. The third-order valence-electron chi connectivity index (χ3n) is 10.0. The van der Waals surface area contributed by atoms with Gasteiger partial charge in [0, 0.05) is 30.2 Å². The molecule has 3 amide bonds. The lowest BCUT2D eigenvalue weighted by molar-refractivity contribution is -0.139. The van der Waals surface area contributed by atoms with Gasteiger partial charge in [-0.3, -0.25) is 19.1 Å². The lowest BCUT2D eigenvalue weighted by atomic mass is 10.1. The molecule has 2 aliphatic heterocycles. The second-order valence-corrected chi connectivity index (χ2v) is 15.5. The average Bonchev–Trinajstić information content (AvgIpc) is 3.87. The molecule has 1 saturated heterocycles. The summed E-state index contributed by atoms with van der Waals surface area (Å²) in [7, 11) is -3.83. The van der Waals surface area contributed by atoms with Crippen LogP contribution in [0.2, 0.25) is 0 Å². The van der Waals surface area contributed by atoms with Crippen LogP contribution in [0.5, 0.6) is 5.88 Å². The Morgan fingerprint density at radius 2 is 1.92 bits per heavy atom. The summed E-state index contributed by atoms with van der Waals surface area (Å²) in [6, 6.07) is 12.0. The van der Waals surface area contributed by atoms with Crippen LogP contribution in [0.3, 0.4) is 0 Å². The van der Waals surface area contributed by atoms with Crippen molar-refractivity contribution in [1.82, 2.24) is 29.5 Å². The molecule has 256 valence electrons. The van der Waals surface area contributed by atoms with Crippen LogP contribution in [0, 0.1) is 5.92 Å². The van der Waals surface area contributed by atoms with Crippen LogP contribution in [0.4, 0.5) is 0 Å². The van der Waals surface area contributed by atoms with E-state index in [0.29, 0.717) is 42.2 Å². The molecule has 3 aromatic heterocycles. The Morgan fingerprint density at radius 1 is 1.08 bits per heavy atom. The number of nitrogens with zero attached hydrogens (tertiary/aromatic N) is 4. The fraction of sp³-hybridized carbons (Fsp3) is 0.457. The minimum Gasteiger partial charge on any atom is -0.472 e. The Labute approximate surface area is 283 Å². The Bertz CT molecular complexity index is 2070. The highest BCUT2D eigenvalue weighted by Gasteiger charge is 2.62. The summed E-state index contributed by atoms with van der Waals surface area (Å²) < 4.78 is 41.6. The van der Waals surface area contributed by atoms with Gasteiger partial charge in [-0.2, -0.15) is 9.61 Å². The number of rotatable bonds is 6. The average molecular weight is 687 g/mol. The maximum Gasteiger partial charge on any atom is 0.259 e. The highest BCUT2D eigenvalue weighted by Crippen LogP contribution is 2.46. The van der Waals surface area contributed by atoms with E-state index in [1.807, 2.05) is 36.4 Å². The highest BCUT2D eigenvalue weighted by molar-refractivity contribution is 7.91. The summed E-state index contributed by atoms with van der Waals surface area (Å²) >= 11 is 0. The van der Waals surface area contributed by atoms with Crippen LogP contribution in [-0.4, -0.2) is 75.1 Å². The molecule has 0 spiro atoms. The molecule has 0 bridgehead atoms. The van der Waals surface area contributed by atoms with Gasteiger partial charge < -0.3 is 19.4 Å². The van der Waals surface area contributed by atoms with Crippen LogP contribution in [0.15, 0.2) is 65.3 Å². The van der Waals surface area contributed by atoms with Gasteiger partial charge >= 0.3 is 0 Å². The van der Waals surface area contributed by atoms with Crippen molar-refractivity contribution in [3.8, 4) is 17.3 Å². The largest absolute Gasteiger partial charge is 0.472 e. The van der Waals surface area contributed by atoms with Crippen LogP contribution < -0.4 is 14.8 Å². The van der Waals surface area contributed by atoms with Crippen molar-refractivity contribution in [2.24, 2.45) is 5.92 Å². The Balaban J connectivity index is 1.10. The van der Waals surface area contributed by atoms with Crippen molar-refractivity contribution in [3.05, 3.63) is 60.9 Å². The first kappa shape index (κ1) is 31.5. The Hall–Kier alpha value is -4.72. The number of benzene rings is 1. The molecule has 1 aromatic carbocycles. The van der Waals surface area contributed by atoms with E-state index in [1.54, 1.807) is 33.9 Å². The van der Waals surface area contributed by atoms with Crippen molar-refractivity contribution in [3.63, 3.8) is 0 Å². The summed E-state index contributed by atoms with van der Waals surface area (Å²) in [5.74, 6) is -0.834. The first-order valence-corrected chi connectivity index (χ1v) is 18.6. The van der Waals surface area contributed by atoms with Crippen LogP contribution in [0.1, 0.15) is 64.2 Å². The molecule has 3 fully saturated rings. The van der Waals surface area contributed by atoms with E-state index in [-0.39, 0.29) is 37.6 Å². The minimum absolute atomic E-state index is 0.149. The van der Waals surface area contributed by atoms with E-state index in [0.717, 1.165) is 36.6 Å². The number of sulfonamides is 1. The van der Waals surface area contributed by atoms with Gasteiger partial charge in [-0.05, 0) is 62.8 Å². The number of allylic oxidation sites excluding steroid dienone is 1. The SMILES string of the molecule is O=C1N[C@]2(C(=O)NS(=O)(=O)C3CC3)C[C@H]2C=CCCCCCCC(=O)N2C[C@H](Oc3cc(-c4ccco4)nc4c5ccccc5nn34)C[C@@H]12. The van der Waals surface area contributed by atoms with E-state index in [9.17, 15) is 22.8 Å². The second-order valence-electron chi connectivity index (χ2n) is 13.6. The number of amides is 3. The molecule has 8 rings (SSSR count). The standard InChI is InChI=1S/C35H38N6O7S/c42-30-14-6-4-2-1-3-5-10-22-20-35(22,34(44)39-49(45,46)24-15-16-24)37-33(43)28-18-23(21-40(28)30)48-31-19-27(29-13-9-17-47-29)36-32-25-11-7-8-12-26(25)38-41(31)32/h5,7-13,17,19,22-24,28H,1-4,6,14-16,18,20-21H2,(H,37,43)(H,39,44)/t22-,23-,28+,35-/m1/s1. The molecule has 0 radical (unpaired) electrons. The number of fused-ring (bicyclic) bond motifs is 5. The molecule has 14 heteroatoms. The Morgan fingerprint density at radius 3 is 2.73 bits per heavy atom. The zero-order chi connectivity index (χ0) is 33.8. The number of hydrogen-bond acceptors (Lipinski definition) is 9. The lowest BCUT2D eigenvalue weighted by Crippen LogP contribution is -2.56. The monoisotopic (exact) mass is 686 g/mol. The molecule has 13 nitrogen and oxygen atoms in total. The second kappa shape index (κ2) is 12.3. The van der Waals surface area contributed by atoms with E-state index in [2.05, 4.69) is 10.0 Å².